The molecule has 2 atom stereocenters. The van der Waals surface area contributed by atoms with Crippen LogP contribution in [0.1, 0.15) is 33.8 Å². The van der Waals surface area contributed by atoms with E-state index in [2.05, 4.69) is 25.8 Å². The Kier molecular flexibility index (Phi) is 6.20. The molecule has 7 nitrogen and oxygen atoms in total. The lowest BCUT2D eigenvalue weighted by Gasteiger charge is -2.30. The number of methoxy groups -OCH3 is 2. The molecule has 0 aliphatic carbocycles. The van der Waals surface area contributed by atoms with Crippen LogP contribution < -0.4 is 15.0 Å². The van der Waals surface area contributed by atoms with Gasteiger partial charge in [-0.25, -0.2) is 4.79 Å². The summed E-state index contributed by atoms with van der Waals surface area (Å²) in [6.45, 7) is 0. The van der Waals surface area contributed by atoms with Gasteiger partial charge in [0.25, 0.3) is 0 Å². The number of rotatable bonds is 6. The summed E-state index contributed by atoms with van der Waals surface area (Å²) in [6, 6.07) is 24.7. The maximum Gasteiger partial charge on any atom is 0.337 e. The van der Waals surface area contributed by atoms with Gasteiger partial charge < -0.3 is 24.3 Å². The average Bonchev–Trinajstić information content (AvgIpc) is 3.53. The number of anilines is 1. The fourth-order valence-electron chi connectivity index (χ4n) is 4.49. The summed E-state index contributed by atoms with van der Waals surface area (Å²) in [5.41, 5.74) is 4.16. The molecule has 0 saturated carbocycles. The number of hydrogen-bond donors (Lipinski definition) is 1. The van der Waals surface area contributed by atoms with Crippen LogP contribution in [0.2, 0.25) is 0 Å². The van der Waals surface area contributed by atoms with Gasteiger partial charge in [0.1, 0.15) is 11.8 Å². The summed E-state index contributed by atoms with van der Waals surface area (Å²) in [6.07, 6.45) is 3.78. The molecular formula is C27H24N4O3S. The zero-order valence-corrected chi connectivity index (χ0v) is 20.1. The number of carbonyl (C=O) groups excluding carboxylic acids is 1. The van der Waals surface area contributed by atoms with E-state index in [0.717, 1.165) is 28.5 Å². The van der Waals surface area contributed by atoms with Crippen molar-refractivity contribution in [2.75, 3.05) is 19.1 Å². The first kappa shape index (κ1) is 22.6. The number of nitrogens with one attached hydrogen (secondary N) is 1. The van der Waals surface area contributed by atoms with E-state index in [4.69, 9.17) is 21.7 Å². The third-order valence-electron chi connectivity index (χ3n) is 6.09. The van der Waals surface area contributed by atoms with Gasteiger partial charge in [-0.2, -0.15) is 0 Å². The molecule has 1 N–H and O–H groups in total. The molecule has 1 aliphatic rings. The van der Waals surface area contributed by atoms with Crippen molar-refractivity contribution in [2.24, 2.45) is 0 Å². The van der Waals surface area contributed by atoms with Crippen LogP contribution in [0.25, 0.3) is 5.69 Å². The fraction of sp³-hybridized carbons (Fsp3) is 0.148. The molecule has 5 rings (SSSR count). The van der Waals surface area contributed by atoms with Crippen molar-refractivity contribution in [3.8, 4) is 11.4 Å². The first-order chi connectivity index (χ1) is 17.1. The molecule has 1 fully saturated rings. The van der Waals surface area contributed by atoms with Gasteiger partial charge in [-0.1, -0.05) is 18.2 Å². The first-order valence-corrected chi connectivity index (χ1v) is 11.5. The van der Waals surface area contributed by atoms with Gasteiger partial charge >= 0.3 is 5.97 Å². The molecule has 2 aromatic carbocycles. The quantitative estimate of drug-likeness (QED) is 0.310. The lowest BCUT2D eigenvalue weighted by Crippen LogP contribution is -2.30. The third kappa shape index (κ3) is 4.13. The Bertz CT molecular complexity index is 1350. The number of ether oxygens (including phenoxy) is 2. The van der Waals surface area contributed by atoms with Crippen molar-refractivity contribution < 1.29 is 14.3 Å². The molecule has 1 saturated heterocycles. The number of aromatic nitrogens is 2. The molecule has 0 unspecified atom stereocenters. The molecule has 0 amide bonds. The summed E-state index contributed by atoms with van der Waals surface area (Å²) in [4.78, 5) is 18.6. The van der Waals surface area contributed by atoms with Crippen molar-refractivity contribution in [1.29, 1.82) is 0 Å². The standard InChI is InChI=1S/C27H24N4O3S/c1-33-23-11-4-3-9-21(23)31-25(24(29-27(31)35)20-8-5-6-16-28-20)22-10-7-17-30(22)19-14-12-18(13-15-19)26(32)34-2/h3-17,24-25H,1-2H3,(H,29,35)/t24-,25+/m1/s1. The second kappa shape index (κ2) is 9.60. The van der Waals surface area contributed by atoms with E-state index in [9.17, 15) is 4.79 Å². The number of thiocarbonyl (C=S) groups is 1. The normalized spacial score (nSPS) is 17.2. The van der Waals surface area contributed by atoms with Crippen LogP contribution in [0.15, 0.2) is 91.3 Å². The van der Waals surface area contributed by atoms with E-state index in [1.54, 1.807) is 25.4 Å². The minimum Gasteiger partial charge on any atom is -0.495 e. The molecule has 35 heavy (non-hydrogen) atoms. The van der Waals surface area contributed by atoms with Gasteiger partial charge in [0, 0.05) is 23.8 Å². The van der Waals surface area contributed by atoms with Crippen LogP contribution in [0.5, 0.6) is 5.75 Å². The second-order valence-corrected chi connectivity index (χ2v) is 8.40. The molecule has 0 spiro atoms. The SMILES string of the molecule is COC(=O)c1ccc(-n2cccc2[C@H]2[C@@H](c3ccccn3)NC(=S)N2c2ccccc2OC)cc1. The summed E-state index contributed by atoms with van der Waals surface area (Å²) >= 11 is 5.85. The highest BCUT2D eigenvalue weighted by atomic mass is 32.1. The molecule has 8 heteroatoms. The molecule has 176 valence electrons. The summed E-state index contributed by atoms with van der Waals surface area (Å²) < 4.78 is 12.6. The zero-order valence-electron chi connectivity index (χ0n) is 19.3. The van der Waals surface area contributed by atoms with Crippen LogP contribution >= 0.6 is 12.2 Å². The number of carbonyl (C=O) groups is 1. The van der Waals surface area contributed by atoms with Gasteiger partial charge in [0.2, 0.25) is 0 Å². The molecule has 3 heterocycles. The molecule has 0 bridgehead atoms. The van der Waals surface area contributed by atoms with Crippen LogP contribution in [0.3, 0.4) is 0 Å². The predicted molar refractivity (Wildman–Crippen MR) is 138 cm³/mol. The molecule has 0 radical (unpaired) electrons. The van der Waals surface area contributed by atoms with E-state index in [1.807, 2.05) is 66.9 Å². The summed E-state index contributed by atoms with van der Waals surface area (Å²) in [7, 11) is 3.03. The Balaban J connectivity index is 1.64. The van der Waals surface area contributed by atoms with Crippen molar-refractivity contribution in [3.63, 3.8) is 0 Å². The number of nitrogens with zero attached hydrogens (tertiary/aromatic N) is 3. The van der Waals surface area contributed by atoms with E-state index in [1.165, 1.54) is 7.11 Å². The fourth-order valence-corrected chi connectivity index (χ4v) is 4.83. The number of hydrogen-bond acceptors (Lipinski definition) is 5. The molecular weight excluding hydrogens is 460 g/mol. The van der Waals surface area contributed by atoms with Crippen molar-refractivity contribution in [1.82, 2.24) is 14.9 Å². The van der Waals surface area contributed by atoms with E-state index in [0.29, 0.717) is 10.7 Å². The van der Waals surface area contributed by atoms with Crippen LogP contribution in [0.4, 0.5) is 5.69 Å². The smallest absolute Gasteiger partial charge is 0.337 e. The summed E-state index contributed by atoms with van der Waals surface area (Å²) in [5, 5.41) is 4.07. The van der Waals surface area contributed by atoms with Crippen molar-refractivity contribution in [2.45, 2.75) is 12.1 Å². The lowest BCUT2D eigenvalue weighted by atomic mass is 10.0. The number of esters is 1. The van der Waals surface area contributed by atoms with E-state index in [-0.39, 0.29) is 18.1 Å². The Labute approximate surface area is 208 Å². The number of pyridine rings is 1. The van der Waals surface area contributed by atoms with Crippen LogP contribution in [-0.2, 0) is 4.74 Å². The monoisotopic (exact) mass is 484 g/mol. The Morgan fingerprint density at radius 3 is 2.46 bits per heavy atom. The zero-order chi connectivity index (χ0) is 24.4. The predicted octanol–water partition coefficient (Wildman–Crippen LogP) is 4.84. The third-order valence-corrected chi connectivity index (χ3v) is 6.41. The highest BCUT2D eigenvalue weighted by molar-refractivity contribution is 7.80. The topological polar surface area (TPSA) is 68.6 Å². The van der Waals surface area contributed by atoms with Gasteiger partial charge in [0.15, 0.2) is 5.11 Å². The van der Waals surface area contributed by atoms with Crippen molar-refractivity contribution >= 4 is 29.0 Å². The largest absolute Gasteiger partial charge is 0.495 e. The summed E-state index contributed by atoms with van der Waals surface area (Å²) in [5.74, 6) is 0.357. The highest BCUT2D eigenvalue weighted by Crippen LogP contribution is 2.44. The molecule has 1 aliphatic heterocycles. The average molecular weight is 485 g/mol. The van der Waals surface area contributed by atoms with E-state index < -0.39 is 0 Å². The number of benzene rings is 2. The van der Waals surface area contributed by atoms with Crippen LogP contribution in [-0.4, -0.2) is 34.9 Å². The van der Waals surface area contributed by atoms with Gasteiger partial charge in [-0.05, 0) is 72.9 Å². The van der Waals surface area contributed by atoms with Gasteiger partial charge in [-0.3, -0.25) is 4.98 Å². The Hall–Kier alpha value is -4.17. The van der Waals surface area contributed by atoms with Gasteiger partial charge in [0.05, 0.1) is 37.2 Å². The second-order valence-electron chi connectivity index (χ2n) is 8.01. The number of para-hydroxylation sites is 2. The van der Waals surface area contributed by atoms with Crippen molar-refractivity contribution in [3.05, 3.63) is 108 Å². The lowest BCUT2D eigenvalue weighted by molar-refractivity contribution is 0.0600. The minimum atomic E-state index is -0.368. The maximum absolute atomic E-state index is 11.9. The minimum absolute atomic E-state index is 0.198. The van der Waals surface area contributed by atoms with Gasteiger partial charge in [-0.15, -0.1) is 0 Å². The van der Waals surface area contributed by atoms with E-state index >= 15 is 0 Å². The highest BCUT2D eigenvalue weighted by Gasteiger charge is 2.43. The Morgan fingerprint density at radius 2 is 1.74 bits per heavy atom. The maximum atomic E-state index is 11.9. The first-order valence-electron chi connectivity index (χ1n) is 11.1. The molecule has 2 aromatic heterocycles. The van der Waals surface area contributed by atoms with Crippen LogP contribution in [0, 0.1) is 0 Å². The Morgan fingerprint density at radius 1 is 0.971 bits per heavy atom. The molecule has 4 aromatic rings.